The molecule has 1 aliphatic rings. The highest BCUT2D eigenvalue weighted by Crippen LogP contribution is 2.36. The van der Waals surface area contributed by atoms with Crippen molar-refractivity contribution in [2.75, 3.05) is 12.4 Å². The summed E-state index contributed by atoms with van der Waals surface area (Å²) < 4.78 is 6.41. The average molecular weight is 304 g/mol. The van der Waals surface area contributed by atoms with Gasteiger partial charge < -0.3 is 10.1 Å². The van der Waals surface area contributed by atoms with Crippen molar-refractivity contribution >= 4 is 21.6 Å². The molecule has 0 aromatic heterocycles. The molecule has 0 saturated heterocycles. The van der Waals surface area contributed by atoms with Gasteiger partial charge in [0.2, 0.25) is 0 Å². The summed E-state index contributed by atoms with van der Waals surface area (Å²) in [5.74, 6) is 0.909. The van der Waals surface area contributed by atoms with E-state index in [9.17, 15) is 0 Å². The van der Waals surface area contributed by atoms with Crippen LogP contribution < -0.4 is 10.1 Å². The molecule has 1 heterocycles. The molecule has 0 amide bonds. The molecule has 0 saturated carbocycles. The number of rotatable bonds is 2. The summed E-state index contributed by atoms with van der Waals surface area (Å²) in [6.07, 6.45) is 1.02. The topological polar surface area (TPSA) is 21.3 Å². The Kier molecular flexibility index (Phi) is 3.00. The van der Waals surface area contributed by atoms with Crippen LogP contribution >= 0.6 is 15.9 Å². The van der Waals surface area contributed by atoms with Gasteiger partial charge in [-0.25, -0.2) is 0 Å². The summed E-state index contributed by atoms with van der Waals surface area (Å²) >= 11 is 3.52. The SMILES string of the molecule is COc1cccc(C2Cc3cc(Br)ccc3N2)c1. The van der Waals surface area contributed by atoms with Crippen LogP contribution in [0.1, 0.15) is 17.2 Å². The summed E-state index contributed by atoms with van der Waals surface area (Å²) in [5, 5.41) is 3.55. The quantitative estimate of drug-likeness (QED) is 0.899. The molecular formula is C15H14BrNO. The highest BCUT2D eigenvalue weighted by atomic mass is 79.9. The van der Waals surface area contributed by atoms with E-state index in [-0.39, 0.29) is 0 Å². The van der Waals surface area contributed by atoms with Crippen LogP contribution in [-0.4, -0.2) is 7.11 Å². The van der Waals surface area contributed by atoms with E-state index in [2.05, 4.69) is 51.6 Å². The van der Waals surface area contributed by atoms with E-state index in [0.717, 1.165) is 16.6 Å². The van der Waals surface area contributed by atoms with Crippen LogP contribution in [0.5, 0.6) is 5.75 Å². The Balaban J connectivity index is 1.88. The van der Waals surface area contributed by atoms with Crippen LogP contribution in [0, 0.1) is 0 Å². The Morgan fingerprint density at radius 2 is 2.11 bits per heavy atom. The van der Waals surface area contributed by atoms with Gasteiger partial charge in [-0.3, -0.25) is 0 Å². The van der Waals surface area contributed by atoms with Gasteiger partial charge in [0, 0.05) is 10.2 Å². The van der Waals surface area contributed by atoms with Gasteiger partial charge in [-0.2, -0.15) is 0 Å². The van der Waals surface area contributed by atoms with E-state index in [0.29, 0.717) is 6.04 Å². The minimum Gasteiger partial charge on any atom is -0.497 e. The number of ether oxygens (including phenoxy) is 1. The van der Waals surface area contributed by atoms with Gasteiger partial charge in [-0.15, -0.1) is 0 Å². The number of benzene rings is 2. The third-order valence-corrected chi connectivity index (χ3v) is 3.81. The first-order valence-electron chi connectivity index (χ1n) is 5.95. The number of nitrogens with one attached hydrogen (secondary N) is 1. The number of halogens is 1. The van der Waals surface area contributed by atoms with E-state index in [1.54, 1.807) is 7.11 Å². The predicted molar refractivity (Wildman–Crippen MR) is 77.2 cm³/mol. The van der Waals surface area contributed by atoms with Crippen molar-refractivity contribution in [1.82, 2.24) is 0 Å². The standard InChI is InChI=1S/C15H14BrNO/c1-18-13-4-2-3-10(8-13)15-9-11-7-12(16)5-6-14(11)17-15/h2-8,15,17H,9H2,1H3. The fourth-order valence-corrected chi connectivity index (χ4v) is 2.80. The van der Waals surface area contributed by atoms with E-state index >= 15 is 0 Å². The Labute approximate surface area is 115 Å². The molecule has 0 aliphatic carbocycles. The second-order valence-electron chi connectivity index (χ2n) is 4.48. The van der Waals surface area contributed by atoms with Crippen molar-refractivity contribution in [1.29, 1.82) is 0 Å². The predicted octanol–water partition coefficient (Wildman–Crippen LogP) is 4.17. The van der Waals surface area contributed by atoms with Crippen molar-refractivity contribution < 1.29 is 4.74 Å². The second-order valence-corrected chi connectivity index (χ2v) is 5.39. The third kappa shape index (κ3) is 2.10. The molecule has 2 aromatic rings. The molecule has 18 heavy (non-hydrogen) atoms. The number of methoxy groups -OCH3 is 1. The van der Waals surface area contributed by atoms with Crippen LogP contribution in [0.3, 0.4) is 0 Å². The molecule has 1 aliphatic heterocycles. The van der Waals surface area contributed by atoms with Crippen LogP contribution in [0.25, 0.3) is 0 Å². The van der Waals surface area contributed by atoms with Gasteiger partial charge in [0.05, 0.1) is 13.2 Å². The molecule has 2 nitrogen and oxygen atoms in total. The summed E-state index contributed by atoms with van der Waals surface area (Å²) in [6, 6.07) is 15.0. The third-order valence-electron chi connectivity index (χ3n) is 3.32. The first kappa shape index (κ1) is 11.6. The number of hydrogen-bond acceptors (Lipinski definition) is 2. The van der Waals surface area contributed by atoms with E-state index in [4.69, 9.17) is 4.74 Å². The Morgan fingerprint density at radius 3 is 2.94 bits per heavy atom. The lowest BCUT2D eigenvalue weighted by atomic mass is 10.0. The summed E-state index contributed by atoms with van der Waals surface area (Å²) in [6.45, 7) is 0. The maximum Gasteiger partial charge on any atom is 0.119 e. The van der Waals surface area contributed by atoms with Crippen LogP contribution in [-0.2, 0) is 6.42 Å². The molecule has 1 N–H and O–H groups in total. The molecule has 92 valence electrons. The number of hydrogen-bond donors (Lipinski definition) is 1. The van der Waals surface area contributed by atoms with Crippen molar-refractivity contribution in [2.24, 2.45) is 0 Å². The molecular weight excluding hydrogens is 290 g/mol. The van der Waals surface area contributed by atoms with Gasteiger partial charge in [0.25, 0.3) is 0 Å². The molecule has 0 radical (unpaired) electrons. The molecule has 1 unspecified atom stereocenters. The van der Waals surface area contributed by atoms with E-state index < -0.39 is 0 Å². The highest BCUT2D eigenvalue weighted by molar-refractivity contribution is 9.10. The van der Waals surface area contributed by atoms with Crippen molar-refractivity contribution in [3.05, 3.63) is 58.1 Å². The zero-order valence-corrected chi connectivity index (χ0v) is 11.7. The maximum absolute atomic E-state index is 5.28. The summed E-state index contributed by atoms with van der Waals surface area (Å²) in [7, 11) is 1.70. The summed E-state index contributed by atoms with van der Waals surface area (Å²) in [5.41, 5.74) is 3.85. The van der Waals surface area contributed by atoms with Gasteiger partial charge in [-0.1, -0.05) is 28.1 Å². The maximum atomic E-state index is 5.28. The fourth-order valence-electron chi connectivity index (χ4n) is 2.39. The first-order valence-corrected chi connectivity index (χ1v) is 6.74. The lowest BCUT2D eigenvalue weighted by Gasteiger charge is -2.12. The molecule has 2 aromatic carbocycles. The van der Waals surface area contributed by atoms with Gasteiger partial charge >= 0.3 is 0 Å². The zero-order chi connectivity index (χ0) is 12.5. The molecule has 0 fully saturated rings. The van der Waals surface area contributed by atoms with Crippen molar-refractivity contribution in [2.45, 2.75) is 12.5 Å². The van der Waals surface area contributed by atoms with Crippen molar-refractivity contribution in [3.8, 4) is 5.75 Å². The molecule has 1 atom stereocenters. The largest absolute Gasteiger partial charge is 0.497 e. The Morgan fingerprint density at radius 1 is 1.22 bits per heavy atom. The zero-order valence-electron chi connectivity index (χ0n) is 10.1. The minimum atomic E-state index is 0.337. The van der Waals surface area contributed by atoms with Gasteiger partial charge in [0.1, 0.15) is 5.75 Å². The normalized spacial score (nSPS) is 17.1. The van der Waals surface area contributed by atoms with E-state index in [1.165, 1.54) is 16.8 Å². The van der Waals surface area contributed by atoms with Gasteiger partial charge in [-0.05, 0) is 47.9 Å². The Bertz CT molecular complexity index is 582. The number of fused-ring (bicyclic) bond motifs is 1. The van der Waals surface area contributed by atoms with Crippen LogP contribution in [0.15, 0.2) is 46.9 Å². The average Bonchev–Trinajstić information content (AvgIpc) is 2.81. The number of anilines is 1. The Hall–Kier alpha value is -1.48. The monoisotopic (exact) mass is 303 g/mol. The highest BCUT2D eigenvalue weighted by Gasteiger charge is 2.22. The minimum absolute atomic E-state index is 0.337. The molecule has 0 spiro atoms. The first-order chi connectivity index (χ1) is 8.76. The summed E-state index contributed by atoms with van der Waals surface area (Å²) in [4.78, 5) is 0. The smallest absolute Gasteiger partial charge is 0.119 e. The molecule has 3 rings (SSSR count). The second kappa shape index (κ2) is 4.65. The molecule has 3 heteroatoms. The van der Waals surface area contributed by atoms with Crippen LogP contribution in [0.4, 0.5) is 5.69 Å². The van der Waals surface area contributed by atoms with Crippen LogP contribution in [0.2, 0.25) is 0 Å². The fraction of sp³-hybridized carbons (Fsp3) is 0.200. The van der Waals surface area contributed by atoms with Crippen molar-refractivity contribution in [3.63, 3.8) is 0 Å². The molecule has 0 bridgehead atoms. The lowest BCUT2D eigenvalue weighted by Crippen LogP contribution is -2.05. The van der Waals surface area contributed by atoms with E-state index in [1.807, 2.05) is 12.1 Å². The van der Waals surface area contributed by atoms with Gasteiger partial charge in [0.15, 0.2) is 0 Å². The lowest BCUT2D eigenvalue weighted by molar-refractivity contribution is 0.414.